The Balaban J connectivity index is 1.53. The number of carbonyl (C=O) groups is 1. The van der Waals surface area contributed by atoms with Crippen molar-refractivity contribution in [3.8, 4) is 0 Å². The molecule has 0 saturated carbocycles. The molecule has 5 rings (SSSR count). The van der Waals surface area contributed by atoms with Crippen molar-refractivity contribution in [1.29, 1.82) is 0 Å². The lowest BCUT2D eigenvalue weighted by atomic mass is 10.2. The van der Waals surface area contributed by atoms with E-state index < -0.39 is 15.4 Å². The number of H-pyrrole nitrogens is 1. The fraction of sp³-hybridized carbons (Fsp3) is 0.360. The highest BCUT2D eigenvalue weighted by molar-refractivity contribution is 7.91. The van der Waals surface area contributed by atoms with Gasteiger partial charge in [-0.3, -0.25) is 9.59 Å². The fourth-order valence-corrected chi connectivity index (χ4v) is 6.38. The number of aromatic nitrogens is 4. The predicted molar refractivity (Wildman–Crippen MR) is 140 cm³/mol. The van der Waals surface area contributed by atoms with Gasteiger partial charge in [0, 0.05) is 38.3 Å². The largest absolute Gasteiger partial charge is 0.370 e. The van der Waals surface area contributed by atoms with E-state index in [1.54, 1.807) is 31.2 Å². The Bertz CT molecular complexity index is 1680. The molecular weight excluding hydrogens is 494 g/mol. The van der Waals surface area contributed by atoms with Crippen LogP contribution in [0.2, 0.25) is 0 Å². The highest BCUT2D eigenvalue weighted by Gasteiger charge is 2.28. The molecule has 12 heteroatoms. The molecule has 4 aromatic rings. The van der Waals surface area contributed by atoms with Gasteiger partial charge in [0.1, 0.15) is 0 Å². The molecule has 194 valence electrons. The first kappa shape index (κ1) is 24.9. The number of anilines is 1. The van der Waals surface area contributed by atoms with Crippen molar-refractivity contribution < 1.29 is 13.2 Å². The summed E-state index contributed by atoms with van der Waals surface area (Å²) in [5.41, 5.74) is 7.68. The maximum atomic E-state index is 13.5. The first-order valence-electron chi connectivity index (χ1n) is 12.1. The third-order valence-electron chi connectivity index (χ3n) is 6.82. The number of sulfone groups is 1. The van der Waals surface area contributed by atoms with Crippen molar-refractivity contribution in [2.45, 2.75) is 36.6 Å². The zero-order chi connectivity index (χ0) is 26.3. The highest BCUT2D eigenvalue weighted by Crippen LogP contribution is 2.27. The summed E-state index contributed by atoms with van der Waals surface area (Å²) in [6.45, 7) is 7.44. The van der Waals surface area contributed by atoms with Gasteiger partial charge in [-0.2, -0.15) is 4.98 Å². The van der Waals surface area contributed by atoms with Gasteiger partial charge in [0.05, 0.1) is 15.8 Å². The van der Waals surface area contributed by atoms with Gasteiger partial charge in [0.25, 0.3) is 5.56 Å². The first-order valence-corrected chi connectivity index (χ1v) is 13.6. The Morgan fingerprint density at radius 3 is 2.65 bits per heavy atom. The highest BCUT2D eigenvalue weighted by atomic mass is 32.2. The van der Waals surface area contributed by atoms with Gasteiger partial charge in [-0.1, -0.05) is 17.7 Å². The Labute approximate surface area is 213 Å². The number of amides is 1. The standard InChI is InChI=1S/C25H29N7O4S/c1-16-4-7-21(17(2)14-16)37(35,36)25-23-27-24(34)19-6-5-18(15-20(19)32(23)29-28-25)31-10-3-9-30(12-13-31)11-8-22(26)33/h4-7,14-15,29H,3,8-13H2,1-2H3,(H2,26,33). The van der Waals surface area contributed by atoms with Crippen molar-refractivity contribution in [2.24, 2.45) is 5.73 Å². The quantitative estimate of drug-likeness (QED) is 0.386. The van der Waals surface area contributed by atoms with Gasteiger partial charge in [-0.25, -0.2) is 18.1 Å². The summed E-state index contributed by atoms with van der Waals surface area (Å²) in [7, 11) is -4.02. The summed E-state index contributed by atoms with van der Waals surface area (Å²) >= 11 is 0. The van der Waals surface area contributed by atoms with E-state index in [1.165, 1.54) is 4.52 Å². The van der Waals surface area contributed by atoms with Crippen molar-refractivity contribution in [3.05, 3.63) is 57.9 Å². The molecule has 1 aliphatic rings. The van der Waals surface area contributed by atoms with Gasteiger partial charge in [-0.05, 0) is 56.6 Å². The zero-order valence-electron chi connectivity index (χ0n) is 20.8. The number of rotatable bonds is 6. The summed E-state index contributed by atoms with van der Waals surface area (Å²) < 4.78 is 28.4. The number of fused-ring (bicyclic) bond motifs is 3. The minimum absolute atomic E-state index is 0.0388. The lowest BCUT2D eigenvalue weighted by molar-refractivity contribution is -0.118. The Kier molecular flexibility index (Phi) is 6.46. The second-order valence-corrected chi connectivity index (χ2v) is 11.3. The van der Waals surface area contributed by atoms with Gasteiger partial charge >= 0.3 is 0 Å². The molecule has 2 aromatic heterocycles. The summed E-state index contributed by atoms with van der Waals surface area (Å²) in [5.74, 6) is -0.308. The second-order valence-electron chi connectivity index (χ2n) is 9.47. The molecule has 3 heterocycles. The van der Waals surface area contributed by atoms with Crippen LogP contribution < -0.4 is 16.2 Å². The zero-order valence-corrected chi connectivity index (χ0v) is 21.6. The van der Waals surface area contributed by atoms with Crippen LogP contribution in [0.5, 0.6) is 0 Å². The van der Waals surface area contributed by atoms with Gasteiger partial charge in [-0.15, -0.1) is 5.10 Å². The van der Waals surface area contributed by atoms with Gasteiger partial charge in [0.2, 0.25) is 20.8 Å². The van der Waals surface area contributed by atoms with E-state index in [0.717, 1.165) is 43.9 Å². The molecule has 1 amide bonds. The molecule has 0 radical (unpaired) electrons. The molecule has 1 saturated heterocycles. The topological polar surface area (TPSA) is 147 Å². The third-order valence-corrected chi connectivity index (χ3v) is 8.64. The van der Waals surface area contributed by atoms with E-state index >= 15 is 0 Å². The van der Waals surface area contributed by atoms with E-state index in [1.807, 2.05) is 19.1 Å². The van der Waals surface area contributed by atoms with Crippen LogP contribution in [-0.2, 0) is 14.6 Å². The number of nitrogens with zero attached hydrogens (tertiary/aromatic N) is 5. The molecule has 0 atom stereocenters. The number of hydrogen-bond donors (Lipinski definition) is 2. The number of aromatic amines is 1. The van der Waals surface area contributed by atoms with Crippen LogP contribution in [0.4, 0.5) is 5.69 Å². The molecule has 3 N–H and O–H groups in total. The molecule has 1 aliphatic heterocycles. The molecule has 0 unspecified atom stereocenters. The number of nitrogens with two attached hydrogens (primary N) is 1. The first-order chi connectivity index (χ1) is 17.6. The van der Waals surface area contributed by atoms with Gasteiger partial charge < -0.3 is 15.5 Å². The molecule has 0 aliphatic carbocycles. The molecule has 1 fully saturated rings. The van der Waals surface area contributed by atoms with E-state index in [9.17, 15) is 18.0 Å². The molecule has 11 nitrogen and oxygen atoms in total. The SMILES string of the molecule is Cc1ccc(S(=O)(=O)c2n[nH]n3c2nc(=O)c2ccc(N4CCCN(CCC(N)=O)CC4)cc23)c(C)c1. The fourth-order valence-electron chi connectivity index (χ4n) is 4.90. The Morgan fingerprint density at radius 1 is 1.08 bits per heavy atom. The predicted octanol–water partition coefficient (Wildman–Crippen LogP) is 1.41. The number of benzene rings is 2. The second kappa shape index (κ2) is 9.60. The third kappa shape index (κ3) is 4.69. The Hall–Kier alpha value is -3.77. The number of nitrogens with one attached hydrogen (secondary N) is 1. The minimum atomic E-state index is -4.02. The van der Waals surface area contributed by atoms with Crippen LogP contribution in [0.25, 0.3) is 16.6 Å². The molecule has 0 bridgehead atoms. The Morgan fingerprint density at radius 2 is 1.89 bits per heavy atom. The maximum Gasteiger partial charge on any atom is 0.281 e. The molecular formula is C25H29N7O4S. The summed E-state index contributed by atoms with van der Waals surface area (Å²) in [6.07, 6.45) is 1.24. The van der Waals surface area contributed by atoms with E-state index in [-0.39, 0.29) is 21.5 Å². The average molecular weight is 524 g/mol. The number of carbonyl (C=O) groups excluding carboxylic acids is 1. The monoisotopic (exact) mass is 523 g/mol. The normalized spacial score (nSPS) is 15.4. The van der Waals surface area contributed by atoms with Crippen LogP contribution >= 0.6 is 0 Å². The maximum absolute atomic E-state index is 13.5. The van der Waals surface area contributed by atoms with Crippen molar-refractivity contribution >= 4 is 38.0 Å². The van der Waals surface area contributed by atoms with Crippen LogP contribution in [0, 0.1) is 13.8 Å². The summed E-state index contributed by atoms with van der Waals surface area (Å²) in [6, 6.07) is 10.5. The summed E-state index contributed by atoms with van der Waals surface area (Å²) in [4.78, 5) is 32.7. The molecule has 0 spiro atoms. The van der Waals surface area contributed by atoms with E-state index in [4.69, 9.17) is 5.73 Å². The van der Waals surface area contributed by atoms with Crippen LogP contribution in [-0.4, -0.2) is 71.8 Å². The van der Waals surface area contributed by atoms with Crippen molar-refractivity contribution in [2.75, 3.05) is 37.6 Å². The lowest BCUT2D eigenvalue weighted by Crippen LogP contribution is -2.33. The van der Waals surface area contributed by atoms with Crippen molar-refractivity contribution in [3.63, 3.8) is 0 Å². The summed E-state index contributed by atoms with van der Waals surface area (Å²) in [5, 5.41) is 6.92. The molecule has 37 heavy (non-hydrogen) atoms. The lowest BCUT2D eigenvalue weighted by Gasteiger charge is -2.24. The number of aryl methyl sites for hydroxylation is 2. The smallest absolute Gasteiger partial charge is 0.281 e. The van der Waals surface area contributed by atoms with Gasteiger partial charge in [0.15, 0.2) is 5.65 Å². The van der Waals surface area contributed by atoms with Crippen LogP contribution in [0.1, 0.15) is 24.0 Å². The number of primary amides is 1. The minimum Gasteiger partial charge on any atom is -0.370 e. The van der Waals surface area contributed by atoms with E-state index in [0.29, 0.717) is 29.4 Å². The molecule has 2 aromatic carbocycles. The van der Waals surface area contributed by atoms with Crippen LogP contribution in [0.15, 0.2) is 51.1 Å². The van der Waals surface area contributed by atoms with E-state index in [2.05, 4.69) is 25.1 Å². The number of hydrogen-bond acceptors (Lipinski definition) is 8. The van der Waals surface area contributed by atoms with Crippen molar-refractivity contribution in [1.82, 2.24) is 24.7 Å². The van der Waals surface area contributed by atoms with Crippen LogP contribution in [0.3, 0.4) is 0 Å². The average Bonchev–Trinajstić information content (AvgIpc) is 3.14.